The van der Waals surface area contributed by atoms with Gasteiger partial charge in [0.25, 0.3) is 0 Å². The second-order valence-corrected chi connectivity index (χ2v) is 5.37. The van der Waals surface area contributed by atoms with Gasteiger partial charge in [-0.2, -0.15) is 0 Å². The summed E-state index contributed by atoms with van der Waals surface area (Å²) in [7, 11) is 0. The second-order valence-electron chi connectivity index (χ2n) is 5.37. The van der Waals surface area contributed by atoms with Gasteiger partial charge in [0.1, 0.15) is 0 Å². The molecule has 0 aliphatic carbocycles. The molecule has 0 saturated heterocycles. The summed E-state index contributed by atoms with van der Waals surface area (Å²) in [5.41, 5.74) is 4.13. The molecule has 0 radical (unpaired) electrons. The van der Waals surface area contributed by atoms with Crippen molar-refractivity contribution in [1.82, 2.24) is 10.3 Å². The lowest BCUT2D eigenvalue weighted by Crippen LogP contribution is -2.30. The van der Waals surface area contributed by atoms with Crippen molar-refractivity contribution >= 4 is 10.9 Å². The number of fused-ring (bicyclic) bond motifs is 3. The van der Waals surface area contributed by atoms with Crippen LogP contribution in [0.3, 0.4) is 0 Å². The maximum Gasteiger partial charge on any atom is 0.159 e. The van der Waals surface area contributed by atoms with Crippen LogP contribution in [0.15, 0.2) is 42.5 Å². The number of aromatic amines is 1. The van der Waals surface area contributed by atoms with Crippen molar-refractivity contribution in [1.29, 1.82) is 0 Å². The van der Waals surface area contributed by atoms with E-state index in [2.05, 4.69) is 16.4 Å². The van der Waals surface area contributed by atoms with E-state index in [0.717, 1.165) is 29.7 Å². The number of hydrogen-bond acceptors (Lipinski definition) is 1. The fraction of sp³-hybridized carbons (Fsp3) is 0.176. The molecule has 21 heavy (non-hydrogen) atoms. The SMILES string of the molecule is Fc1ccc(C2NCCc3c2[nH]c2ccccc32)cc1F. The van der Waals surface area contributed by atoms with Crippen LogP contribution in [0.4, 0.5) is 8.78 Å². The largest absolute Gasteiger partial charge is 0.357 e. The van der Waals surface area contributed by atoms with Crippen molar-refractivity contribution in [2.24, 2.45) is 0 Å². The molecule has 1 aliphatic rings. The molecule has 2 heterocycles. The second kappa shape index (κ2) is 4.67. The van der Waals surface area contributed by atoms with Gasteiger partial charge >= 0.3 is 0 Å². The van der Waals surface area contributed by atoms with E-state index in [-0.39, 0.29) is 6.04 Å². The normalized spacial score (nSPS) is 17.9. The van der Waals surface area contributed by atoms with Crippen molar-refractivity contribution in [2.75, 3.05) is 6.54 Å². The van der Waals surface area contributed by atoms with Crippen LogP contribution < -0.4 is 5.32 Å². The van der Waals surface area contributed by atoms with E-state index in [1.807, 2.05) is 18.2 Å². The van der Waals surface area contributed by atoms with Crippen molar-refractivity contribution in [3.05, 3.63) is 70.9 Å². The monoisotopic (exact) mass is 284 g/mol. The Morgan fingerprint density at radius 3 is 2.71 bits per heavy atom. The molecule has 0 bridgehead atoms. The first-order chi connectivity index (χ1) is 10.2. The summed E-state index contributed by atoms with van der Waals surface area (Å²) in [6.07, 6.45) is 0.930. The number of halogens is 2. The molecular formula is C17H14F2N2. The van der Waals surface area contributed by atoms with Gasteiger partial charge < -0.3 is 10.3 Å². The predicted molar refractivity (Wildman–Crippen MR) is 78.2 cm³/mol. The van der Waals surface area contributed by atoms with Crippen LogP contribution in [0.1, 0.15) is 22.9 Å². The highest BCUT2D eigenvalue weighted by atomic mass is 19.2. The molecule has 2 nitrogen and oxygen atoms in total. The molecule has 4 heteroatoms. The average Bonchev–Trinajstić information content (AvgIpc) is 2.89. The van der Waals surface area contributed by atoms with Gasteiger partial charge in [-0.15, -0.1) is 0 Å². The van der Waals surface area contributed by atoms with Crippen LogP contribution in [-0.4, -0.2) is 11.5 Å². The fourth-order valence-corrected chi connectivity index (χ4v) is 3.16. The van der Waals surface area contributed by atoms with Gasteiger partial charge in [0.05, 0.1) is 6.04 Å². The fourth-order valence-electron chi connectivity index (χ4n) is 3.16. The predicted octanol–water partition coefficient (Wildman–Crippen LogP) is 3.68. The summed E-state index contributed by atoms with van der Waals surface area (Å²) in [5.74, 6) is -1.62. The Hall–Kier alpha value is -2.20. The zero-order valence-electron chi connectivity index (χ0n) is 11.3. The van der Waals surface area contributed by atoms with Crippen molar-refractivity contribution in [3.8, 4) is 0 Å². The number of nitrogens with one attached hydrogen (secondary N) is 2. The van der Waals surface area contributed by atoms with E-state index in [4.69, 9.17) is 0 Å². The molecule has 1 aliphatic heterocycles. The zero-order valence-corrected chi connectivity index (χ0v) is 11.3. The lowest BCUT2D eigenvalue weighted by atomic mass is 9.94. The number of hydrogen-bond donors (Lipinski definition) is 2. The van der Waals surface area contributed by atoms with Crippen molar-refractivity contribution < 1.29 is 8.78 Å². The third-order valence-electron chi connectivity index (χ3n) is 4.14. The minimum Gasteiger partial charge on any atom is -0.357 e. The summed E-state index contributed by atoms with van der Waals surface area (Å²) in [6.45, 7) is 0.818. The van der Waals surface area contributed by atoms with Gasteiger partial charge in [-0.1, -0.05) is 24.3 Å². The maximum atomic E-state index is 13.5. The molecule has 0 amide bonds. The third-order valence-corrected chi connectivity index (χ3v) is 4.14. The van der Waals surface area contributed by atoms with Crippen LogP contribution in [-0.2, 0) is 6.42 Å². The summed E-state index contributed by atoms with van der Waals surface area (Å²) >= 11 is 0. The van der Waals surface area contributed by atoms with E-state index in [1.165, 1.54) is 23.1 Å². The van der Waals surface area contributed by atoms with E-state index in [9.17, 15) is 8.78 Å². The van der Waals surface area contributed by atoms with E-state index in [1.54, 1.807) is 6.07 Å². The molecule has 2 aromatic carbocycles. The molecule has 0 spiro atoms. The van der Waals surface area contributed by atoms with Crippen LogP contribution in [0.2, 0.25) is 0 Å². The molecule has 1 unspecified atom stereocenters. The van der Waals surface area contributed by atoms with E-state index in [0.29, 0.717) is 0 Å². The summed E-state index contributed by atoms with van der Waals surface area (Å²) < 4.78 is 26.6. The van der Waals surface area contributed by atoms with E-state index >= 15 is 0 Å². The topological polar surface area (TPSA) is 27.8 Å². The Balaban J connectivity index is 1.88. The number of H-pyrrole nitrogens is 1. The lowest BCUT2D eigenvalue weighted by Gasteiger charge is -2.25. The first-order valence-electron chi connectivity index (χ1n) is 7.02. The summed E-state index contributed by atoms with van der Waals surface area (Å²) in [6, 6.07) is 12.1. The maximum absolute atomic E-state index is 13.5. The standard InChI is InChI=1S/C17H14F2N2/c18-13-6-5-10(9-14(13)19)16-17-12(7-8-20-16)11-3-1-2-4-15(11)21-17/h1-6,9,16,20-21H,7-8H2. The highest BCUT2D eigenvalue weighted by Crippen LogP contribution is 2.33. The number of rotatable bonds is 1. The highest BCUT2D eigenvalue weighted by molar-refractivity contribution is 5.85. The summed E-state index contributed by atoms with van der Waals surface area (Å²) in [4.78, 5) is 3.42. The molecule has 3 aromatic rings. The smallest absolute Gasteiger partial charge is 0.159 e. The molecule has 1 aromatic heterocycles. The lowest BCUT2D eigenvalue weighted by molar-refractivity contribution is 0.500. The molecule has 106 valence electrons. The quantitative estimate of drug-likeness (QED) is 0.701. The van der Waals surface area contributed by atoms with Crippen LogP contribution in [0.5, 0.6) is 0 Å². The Morgan fingerprint density at radius 1 is 1.00 bits per heavy atom. The molecule has 4 rings (SSSR count). The van der Waals surface area contributed by atoms with Gasteiger partial charge in [-0.05, 0) is 35.7 Å². The molecule has 1 atom stereocenters. The van der Waals surface area contributed by atoms with Gasteiger partial charge in [0.15, 0.2) is 11.6 Å². The number of aromatic nitrogens is 1. The Labute approximate surface area is 120 Å². The third kappa shape index (κ3) is 1.94. The molecule has 0 fully saturated rings. The first kappa shape index (κ1) is 12.5. The average molecular weight is 284 g/mol. The number of benzene rings is 2. The number of para-hydroxylation sites is 1. The zero-order chi connectivity index (χ0) is 14.4. The van der Waals surface area contributed by atoms with Gasteiger partial charge in [0, 0.05) is 23.1 Å². The molecule has 2 N–H and O–H groups in total. The molecule has 0 saturated carbocycles. The Morgan fingerprint density at radius 2 is 1.86 bits per heavy atom. The van der Waals surface area contributed by atoms with Crippen LogP contribution in [0.25, 0.3) is 10.9 Å². The highest BCUT2D eigenvalue weighted by Gasteiger charge is 2.25. The minimum absolute atomic E-state index is 0.128. The van der Waals surface area contributed by atoms with Crippen LogP contribution >= 0.6 is 0 Å². The summed E-state index contributed by atoms with van der Waals surface area (Å²) in [5, 5.41) is 4.59. The van der Waals surface area contributed by atoms with Gasteiger partial charge in [-0.3, -0.25) is 0 Å². The Bertz CT molecular complexity index is 823. The minimum atomic E-state index is -0.813. The van der Waals surface area contributed by atoms with E-state index < -0.39 is 11.6 Å². The van der Waals surface area contributed by atoms with Gasteiger partial charge in [-0.25, -0.2) is 8.78 Å². The molecular weight excluding hydrogens is 270 g/mol. The first-order valence-corrected chi connectivity index (χ1v) is 7.02. The van der Waals surface area contributed by atoms with Crippen molar-refractivity contribution in [2.45, 2.75) is 12.5 Å². The Kier molecular flexibility index (Phi) is 2.79. The van der Waals surface area contributed by atoms with Gasteiger partial charge in [0.2, 0.25) is 0 Å². The van der Waals surface area contributed by atoms with Crippen molar-refractivity contribution in [3.63, 3.8) is 0 Å². The van der Waals surface area contributed by atoms with Crippen LogP contribution in [0, 0.1) is 11.6 Å².